The smallest absolute Gasteiger partial charge is 0.342 e. The van der Waals surface area contributed by atoms with Gasteiger partial charge in [-0.1, -0.05) is 0 Å². The van der Waals surface area contributed by atoms with Crippen molar-refractivity contribution in [3.05, 3.63) is 34.4 Å². The first-order valence-corrected chi connectivity index (χ1v) is 7.37. The van der Waals surface area contributed by atoms with Crippen molar-refractivity contribution < 1.29 is 38.1 Å². The molecule has 1 spiro atoms. The number of methoxy groups -OCH3 is 4. The normalized spacial score (nSPS) is 25.0. The molecule has 0 amide bonds. The van der Waals surface area contributed by atoms with Crippen molar-refractivity contribution in [3.63, 3.8) is 0 Å². The van der Waals surface area contributed by atoms with Gasteiger partial charge in [0.2, 0.25) is 0 Å². The van der Waals surface area contributed by atoms with Crippen LogP contribution in [0.1, 0.15) is 13.8 Å². The number of carbonyl (C=O) groups is 3. The van der Waals surface area contributed by atoms with Crippen LogP contribution in [-0.4, -0.2) is 57.7 Å². The summed E-state index contributed by atoms with van der Waals surface area (Å²) in [6.45, 7) is 3.17. The van der Waals surface area contributed by atoms with Gasteiger partial charge in [-0.05, 0) is 37.1 Å². The molecule has 0 radical (unpaired) electrons. The molecule has 1 aliphatic carbocycles. The number of hydrogen-bond acceptors (Lipinski definition) is 8. The molecule has 0 aromatic carbocycles. The van der Waals surface area contributed by atoms with Gasteiger partial charge in [-0.3, -0.25) is 4.79 Å². The van der Waals surface area contributed by atoms with Gasteiger partial charge in [-0.25, -0.2) is 9.59 Å². The molecular formula is C17H20O8. The minimum Gasteiger partial charge on any atom is -0.466 e. The Labute approximate surface area is 145 Å². The van der Waals surface area contributed by atoms with Crippen molar-refractivity contribution in [1.29, 1.82) is 0 Å². The molecule has 0 N–H and O–H groups in total. The van der Waals surface area contributed by atoms with Crippen LogP contribution in [-0.2, 0) is 38.1 Å². The Bertz CT molecular complexity index is 723. The molecule has 0 fully saturated rings. The van der Waals surface area contributed by atoms with E-state index in [9.17, 15) is 14.4 Å². The fourth-order valence-corrected chi connectivity index (χ4v) is 3.00. The lowest BCUT2D eigenvalue weighted by atomic mass is 9.79. The SMILES string of the molecule is COC(=O)C1=C(C(=O)OC)C2(C=C(C)C(=O)C=C2C)OC1(OC)OC. The van der Waals surface area contributed by atoms with Crippen molar-refractivity contribution in [3.8, 4) is 0 Å². The predicted molar refractivity (Wildman–Crippen MR) is 84.1 cm³/mol. The van der Waals surface area contributed by atoms with E-state index in [1.165, 1.54) is 33.5 Å². The van der Waals surface area contributed by atoms with Crippen LogP contribution in [0, 0.1) is 0 Å². The van der Waals surface area contributed by atoms with Crippen LogP contribution in [0.15, 0.2) is 34.4 Å². The summed E-state index contributed by atoms with van der Waals surface area (Å²) in [5.74, 6) is -3.94. The second-order valence-corrected chi connectivity index (χ2v) is 5.55. The van der Waals surface area contributed by atoms with Crippen LogP contribution in [0.2, 0.25) is 0 Å². The highest BCUT2D eigenvalue weighted by Crippen LogP contribution is 2.50. The maximum Gasteiger partial charge on any atom is 0.342 e. The van der Waals surface area contributed by atoms with E-state index in [4.69, 9.17) is 23.7 Å². The van der Waals surface area contributed by atoms with Crippen LogP contribution >= 0.6 is 0 Å². The molecule has 0 bridgehead atoms. The van der Waals surface area contributed by atoms with Crippen LogP contribution in [0.25, 0.3) is 0 Å². The first-order chi connectivity index (χ1) is 11.7. The topological polar surface area (TPSA) is 97.4 Å². The minimum atomic E-state index is -2.00. The predicted octanol–water partition coefficient (Wildman–Crippen LogP) is 0.820. The van der Waals surface area contributed by atoms with Crippen molar-refractivity contribution >= 4 is 17.7 Å². The number of rotatable bonds is 4. The lowest BCUT2D eigenvalue weighted by Crippen LogP contribution is -2.44. The zero-order valence-corrected chi connectivity index (χ0v) is 14.9. The molecule has 1 aliphatic heterocycles. The summed E-state index contributed by atoms with van der Waals surface area (Å²) in [7, 11) is 4.83. The van der Waals surface area contributed by atoms with Gasteiger partial charge in [0.05, 0.1) is 19.8 Å². The van der Waals surface area contributed by atoms with Crippen molar-refractivity contribution in [1.82, 2.24) is 0 Å². The van der Waals surface area contributed by atoms with Gasteiger partial charge in [-0.15, -0.1) is 0 Å². The average Bonchev–Trinajstić information content (AvgIpc) is 2.90. The molecular weight excluding hydrogens is 332 g/mol. The molecule has 0 aromatic rings. The van der Waals surface area contributed by atoms with Crippen LogP contribution < -0.4 is 0 Å². The molecule has 1 atom stereocenters. The minimum absolute atomic E-state index is 0.161. The Balaban J connectivity index is 2.90. The summed E-state index contributed by atoms with van der Waals surface area (Å²) in [4.78, 5) is 36.9. The van der Waals surface area contributed by atoms with E-state index in [0.717, 1.165) is 7.11 Å². The highest BCUT2D eigenvalue weighted by Gasteiger charge is 2.62. The maximum atomic E-state index is 12.6. The molecule has 1 heterocycles. The Hall–Kier alpha value is -2.29. The standard InChI is InChI=1S/C17H20O8/c1-9-8-16(10(2)7-11(9)18)12(14(19)21-3)13(15(20)22-4)17(23-5,24-6)25-16/h7-8H,1-6H3. The second-order valence-electron chi connectivity index (χ2n) is 5.55. The van der Waals surface area contributed by atoms with E-state index in [1.54, 1.807) is 13.8 Å². The first-order valence-electron chi connectivity index (χ1n) is 7.37. The summed E-state index contributed by atoms with van der Waals surface area (Å²) in [6, 6.07) is 0. The lowest BCUT2D eigenvalue weighted by molar-refractivity contribution is -0.343. The molecule has 136 valence electrons. The van der Waals surface area contributed by atoms with Gasteiger partial charge in [0, 0.05) is 14.2 Å². The monoisotopic (exact) mass is 352 g/mol. The summed E-state index contributed by atoms with van der Waals surface area (Å²) in [5, 5.41) is 0. The molecule has 2 aliphatic rings. The Kier molecular flexibility index (Phi) is 4.99. The number of ketones is 1. The van der Waals surface area contributed by atoms with E-state index in [1.807, 2.05) is 0 Å². The Morgan fingerprint density at radius 3 is 1.96 bits per heavy atom. The summed E-state index contributed by atoms with van der Waals surface area (Å²) in [5.41, 5.74) is -1.29. The van der Waals surface area contributed by atoms with E-state index in [-0.39, 0.29) is 16.9 Å². The average molecular weight is 352 g/mol. The first kappa shape index (κ1) is 19.0. The van der Waals surface area contributed by atoms with E-state index in [2.05, 4.69) is 0 Å². The van der Waals surface area contributed by atoms with Gasteiger partial charge in [0.25, 0.3) is 0 Å². The van der Waals surface area contributed by atoms with Crippen LogP contribution in [0.4, 0.5) is 0 Å². The number of carbonyl (C=O) groups excluding carboxylic acids is 3. The zero-order chi connectivity index (χ0) is 19.0. The van der Waals surface area contributed by atoms with E-state index in [0.29, 0.717) is 11.1 Å². The Morgan fingerprint density at radius 2 is 1.48 bits per heavy atom. The highest BCUT2D eigenvalue weighted by atomic mass is 16.9. The van der Waals surface area contributed by atoms with Crippen molar-refractivity contribution in [2.75, 3.05) is 28.4 Å². The van der Waals surface area contributed by atoms with Gasteiger partial charge in [0.15, 0.2) is 5.78 Å². The third-order valence-corrected chi connectivity index (χ3v) is 4.28. The van der Waals surface area contributed by atoms with Crippen molar-refractivity contribution in [2.45, 2.75) is 25.4 Å². The number of hydrogen-bond donors (Lipinski definition) is 0. The van der Waals surface area contributed by atoms with E-state index < -0.39 is 23.5 Å². The quantitative estimate of drug-likeness (QED) is 0.542. The molecule has 1 unspecified atom stereocenters. The molecule has 0 saturated heterocycles. The maximum absolute atomic E-state index is 12.6. The number of ether oxygens (including phenoxy) is 5. The summed E-state index contributed by atoms with van der Waals surface area (Å²) >= 11 is 0. The Morgan fingerprint density at radius 1 is 0.960 bits per heavy atom. The molecule has 0 saturated carbocycles. The second kappa shape index (κ2) is 6.55. The zero-order valence-electron chi connectivity index (χ0n) is 14.9. The fraction of sp³-hybridized carbons (Fsp3) is 0.471. The fourth-order valence-electron chi connectivity index (χ4n) is 3.00. The van der Waals surface area contributed by atoms with Gasteiger partial charge in [0.1, 0.15) is 11.2 Å². The number of esters is 2. The third kappa shape index (κ3) is 2.62. The highest BCUT2D eigenvalue weighted by molar-refractivity contribution is 6.09. The molecule has 0 aromatic heterocycles. The molecule has 8 nitrogen and oxygen atoms in total. The van der Waals surface area contributed by atoms with Gasteiger partial charge < -0.3 is 23.7 Å². The third-order valence-electron chi connectivity index (χ3n) is 4.28. The molecule has 8 heteroatoms. The van der Waals surface area contributed by atoms with Crippen LogP contribution in [0.5, 0.6) is 0 Å². The molecule has 25 heavy (non-hydrogen) atoms. The molecule has 2 rings (SSSR count). The van der Waals surface area contributed by atoms with Crippen LogP contribution in [0.3, 0.4) is 0 Å². The van der Waals surface area contributed by atoms with Gasteiger partial charge in [-0.2, -0.15) is 0 Å². The van der Waals surface area contributed by atoms with Gasteiger partial charge >= 0.3 is 17.9 Å². The van der Waals surface area contributed by atoms with E-state index >= 15 is 0 Å². The summed E-state index contributed by atoms with van der Waals surface area (Å²) in [6.07, 6.45) is 2.77. The largest absolute Gasteiger partial charge is 0.466 e. The lowest BCUT2D eigenvalue weighted by Gasteiger charge is -2.35. The summed E-state index contributed by atoms with van der Waals surface area (Å²) < 4.78 is 26.2. The number of allylic oxidation sites excluding steroid dienone is 2. The van der Waals surface area contributed by atoms with Crippen molar-refractivity contribution in [2.24, 2.45) is 0 Å².